The van der Waals surface area contributed by atoms with Crippen molar-refractivity contribution in [2.75, 3.05) is 0 Å². The first-order chi connectivity index (χ1) is 6.74. The van der Waals surface area contributed by atoms with Gasteiger partial charge in [-0.3, -0.25) is 9.89 Å². The highest BCUT2D eigenvalue weighted by atomic mass is 16.1. The van der Waals surface area contributed by atoms with E-state index in [0.29, 0.717) is 12.4 Å². The van der Waals surface area contributed by atoms with Gasteiger partial charge in [-0.25, -0.2) is 4.98 Å². The largest absolute Gasteiger partial charge is 0.349 e. The number of carbonyl (C=O) groups excluding carboxylic acids is 1. The van der Waals surface area contributed by atoms with Crippen LogP contribution in [0.25, 0.3) is 0 Å². The lowest BCUT2D eigenvalue weighted by atomic mass is 10.1. The van der Waals surface area contributed by atoms with Crippen molar-refractivity contribution in [3.8, 4) is 0 Å². The standard InChI is InChI=1S/C9H16N4O/c1-3-4-7(2)9(14)10-5-8-11-6-12-13-8/h6-7H,3-5H2,1-2H3,(H,10,14)(H,11,12,13). The van der Waals surface area contributed by atoms with Gasteiger partial charge in [0.2, 0.25) is 5.91 Å². The first-order valence-corrected chi connectivity index (χ1v) is 4.86. The Kier molecular flexibility index (Phi) is 4.10. The number of rotatable bonds is 5. The first-order valence-electron chi connectivity index (χ1n) is 4.86. The van der Waals surface area contributed by atoms with Crippen LogP contribution in [0.15, 0.2) is 6.33 Å². The van der Waals surface area contributed by atoms with Gasteiger partial charge in [0, 0.05) is 5.92 Å². The molecule has 1 amide bonds. The summed E-state index contributed by atoms with van der Waals surface area (Å²) >= 11 is 0. The van der Waals surface area contributed by atoms with E-state index in [-0.39, 0.29) is 11.8 Å². The molecule has 1 rings (SSSR count). The summed E-state index contributed by atoms with van der Waals surface area (Å²) in [5.41, 5.74) is 0. The van der Waals surface area contributed by atoms with Gasteiger partial charge in [-0.1, -0.05) is 20.3 Å². The van der Waals surface area contributed by atoms with Crippen LogP contribution < -0.4 is 5.32 Å². The van der Waals surface area contributed by atoms with Crippen LogP contribution in [-0.4, -0.2) is 21.1 Å². The molecular weight excluding hydrogens is 180 g/mol. The van der Waals surface area contributed by atoms with Gasteiger partial charge in [0.1, 0.15) is 12.2 Å². The molecule has 0 fully saturated rings. The quantitative estimate of drug-likeness (QED) is 0.733. The number of aromatic nitrogens is 3. The summed E-state index contributed by atoms with van der Waals surface area (Å²) in [6.45, 7) is 4.42. The molecule has 1 atom stereocenters. The van der Waals surface area contributed by atoms with E-state index in [1.807, 2.05) is 6.92 Å². The van der Waals surface area contributed by atoms with Crippen LogP contribution in [0, 0.1) is 5.92 Å². The fourth-order valence-corrected chi connectivity index (χ4v) is 1.23. The van der Waals surface area contributed by atoms with E-state index < -0.39 is 0 Å². The van der Waals surface area contributed by atoms with Gasteiger partial charge in [-0.15, -0.1) is 0 Å². The number of hydrogen-bond donors (Lipinski definition) is 2. The van der Waals surface area contributed by atoms with Gasteiger partial charge < -0.3 is 5.32 Å². The maximum atomic E-state index is 11.5. The number of amides is 1. The molecule has 0 aliphatic rings. The Morgan fingerprint density at radius 3 is 3.07 bits per heavy atom. The van der Waals surface area contributed by atoms with Gasteiger partial charge in [0.05, 0.1) is 6.54 Å². The minimum atomic E-state index is 0.0721. The molecule has 0 aliphatic heterocycles. The minimum absolute atomic E-state index is 0.0721. The van der Waals surface area contributed by atoms with Crippen molar-refractivity contribution < 1.29 is 4.79 Å². The number of nitrogens with one attached hydrogen (secondary N) is 2. The summed E-state index contributed by atoms with van der Waals surface area (Å²) in [6, 6.07) is 0. The Balaban J connectivity index is 2.27. The Labute approximate surface area is 83.3 Å². The van der Waals surface area contributed by atoms with Gasteiger partial charge >= 0.3 is 0 Å². The zero-order chi connectivity index (χ0) is 10.4. The average molecular weight is 196 g/mol. The van der Waals surface area contributed by atoms with Crippen molar-refractivity contribution in [3.05, 3.63) is 12.2 Å². The summed E-state index contributed by atoms with van der Waals surface area (Å²) in [5.74, 6) is 0.827. The van der Waals surface area contributed by atoms with Crippen molar-refractivity contribution in [3.63, 3.8) is 0 Å². The molecule has 2 N–H and O–H groups in total. The SMILES string of the molecule is CCCC(C)C(=O)NCc1ncn[nH]1. The van der Waals surface area contributed by atoms with E-state index in [9.17, 15) is 4.79 Å². The van der Waals surface area contributed by atoms with Gasteiger partial charge in [-0.2, -0.15) is 5.10 Å². The molecule has 0 saturated carbocycles. The average Bonchev–Trinajstić information content (AvgIpc) is 2.67. The summed E-state index contributed by atoms with van der Waals surface area (Å²) in [7, 11) is 0. The molecule has 0 saturated heterocycles. The van der Waals surface area contributed by atoms with Crippen molar-refractivity contribution >= 4 is 5.91 Å². The Hall–Kier alpha value is -1.39. The molecule has 0 aromatic carbocycles. The Morgan fingerprint density at radius 1 is 1.71 bits per heavy atom. The highest BCUT2D eigenvalue weighted by Crippen LogP contribution is 2.04. The number of hydrogen-bond acceptors (Lipinski definition) is 3. The third-order valence-corrected chi connectivity index (χ3v) is 2.06. The third kappa shape index (κ3) is 3.16. The second-order valence-corrected chi connectivity index (χ2v) is 3.34. The predicted octanol–water partition coefficient (Wildman–Crippen LogP) is 0.857. The molecule has 1 aromatic heterocycles. The molecule has 0 bridgehead atoms. The zero-order valence-electron chi connectivity index (χ0n) is 8.58. The van der Waals surface area contributed by atoms with Crippen molar-refractivity contribution in [1.82, 2.24) is 20.5 Å². The molecule has 14 heavy (non-hydrogen) atoms. The van der Waals surface area contributed by atoms with Gasteiger partial charge in [-0.05, 0) is 6.42 Å². The number of nitrogens with zero attached hydrogens (tertiary/aromatic N) is 2. The summed E-state index contributed by atoms with van der Waals surface area (Å²) in [6.07, 6.45) is 3.37. The smallest absolute Gasteiger partial charge is 0.223 e. The fraction of sp³-hybridized carbons (Fsp3) is 0.667. The van der Waals surface area contributed by atoms with Crippen molar-refractivity contribution in [2.24, 2.45) is 5.92 Å². The minimum Gasteiger partial charge on any atom is -0.349 e. The predicted molar refractivity (Wildman–Crippen MR) is 52.3 cm³/mol. The molecule has 0 spiro atoms. The van der Waals surface area contributed by atoms with E-state index in [1.54, 1.807) is 0 Å². The van der Waals surface area contributed by atoms with Crippen LogP contribution in [0.4, 0.5) is 0 Å². The first kappa shape index (κ1) is 10.7. The molecule has 1 heterocycles. The molecule has 1 unspecified atom stereocenters. The van der Waals surface area contributed by atoms with Crippen molar-refractivity contribution in [2.45, 2.75) is 33.2 Å². The van der Waals surface area contributed by atoms with Crippen LogP contribution in [0.1, 0.15) is 32.5 Å². The number of H-pyrrole nitrogens is 1. The Bertz CT molecular complexity index is 270. The lowest BCUT2D eigenvalue weighted by molar-refractivity contribution is -0.124. The van der Waals surface area contributed by atoms with Crippen LogP contribution in [0.5, 0.6) is 0 Å². The van der Waals surface area contributed by atoms with Crippen LogP contribution in [0.3, 0.4) is 0 Å². The monoisotopic (exact) mass is 196 g/mol. The topological polar surface area (TPSA) is 70.7 Å². The molecule has 0 radical (unpaired) electrons. The lowest BCUT2D eigenvalue weighted by Crippen LogP contribution is -2.29. The van der Waals surface area contributed by atoms with E-state index in [0.717, 1.165) is 12.8 Å². The molecular formula is C9H16N4O. The highest BCUT2D eigenvalue weighted by molar-refractivity contribution is 5.78. The third-order valence-electron chi connectivity index (χ3n) is 2.06. The van der Waals surface area contributed by atoms with E-state index in [2.05, 4.69) is 27.4 Å². The summed E-state index contributed by atoms with van der Waals surface area (Å²) in [5, 5.41) is 9.18. The second-order valence-electron chi connectivity index (χ2n) is 3.34. The summed E-state index contributed by atoms with van der Waals surface area (Å²) < 4.78 is 0. The number of carbonyl (C=O) groups is 1. The van der Waals surface area contributed by atoms with Gasteiger partial charge in [0.25, 0.3) is 0 Å². The fourth-order valence-electron chi connectivity index (χ4n) is 1.23. The van der Waals surface area contributed by atoms with Crippen LogP contribution in [0.2, 0.25) is 0 Å². The van der Waals surface area contributed by atoms with Crippen LogP contribution in [-0.2, 0) is 11.3 Å². The molecule has 0 aliphatic carbocycles. The van der Waals surface area contributed by atoms with E-state index in [1.165, 1.54) is 6.33 Å². The zero-order valence-corrected chi connectivity index (χ0v) is 8.58. The highest BCUT2D eigenvalue weighted by Gasteiger charge is 2.11. The van der Waals surface area contributed by atoms with Gasteiger partial charge in [0.15, 0.2) is 0 Å². The molecule has 78 valence electrons. The number of aromatic amines is 1. The van der Waals surface area contributed by atoms with Crippen molar-refractivity contribution in [1.29, 1.82) is 0 Å². The molecule has 5 heteroatoms. The Morgan fingerprint density at radius 2 is 2.50 bits per heavy atom. The molecule has 1 aromatic rings. The van der Waals surface area contributed by atoms with E-state index >= 15 is 0 Å². The maximum absolute atomic E-state index is 11.5. The molecule has 5 nitrogen and oxygen atoms in total. The van der Waals surface area contributed by atoms with Crippen LogP contribution >= 0.6 is 0 Å². The lowest BCUT2D eigenvalue weighted by Gasteiger charge is -2.09. The van der Waals surface area contributed by atoms with E-state index in [4.69, 9.17) is 0 Å². The second kappa shape index (κ2) is 5.36. The normalized spacial score (nSPS) is 12.4. The maximum Gasteiger partial charge on any atom is 0.223 e. The summed E-state index contributed by atoms with van der Waals surface area (Å²) in [4.78, 5) is 15.4.